The van der Waals surface area contributed by atoms with Crippen LogP contribution >= 0.6 is 0 Å². The predicted molar refractivity (Wildman–Crippen MR) is 77.2 cm³/mol. The van der Waals surface area contributed by atoms with Gasteiger partial charge in [-0.05, 0) is 32.3 Å². The summed E-state index contributed by atoms with van der Waals surface area (Å²) >= 11 is 0. The Bertz CT molecular complexity index is 449. The molecule has 0 fully saturated rings. The zero-order valence-electron chi connectivity index (χ0n) is 12.3. The van der Waals surface area contributed by atoms with E-state index in [9.17, 15) is 0 Å². The first-order chi connectivity index (χ1) is 9.04. The van der Waals surface area contributed by atoms with Crippen LogP contribution in [0.15, 0.2) is 6.07 Å². The van der Waals surface area contributed by atoms with Crippen LogP contribution in [0.2, 0.25) is 0 Å². The average Bonchev–Trinajstić information content (AvgIpc) is 2.32. The van der Waals surface area contributed by atoms with Crippen molar-refractivity contribution < 1.29 is 4.74 Å². The molecule has 0 spiro atoms. The zero-order valence-corrected chi connectivity index (χ0v) is 12.3. The van der Waals surface area contributed by atoms with E-state index in [0.29, 0.717) is 24.6 Å². The van der Waals surface area contributed by atoms with Gasteiger partial charge in [0.2, 0.25) is 0 Å². The molecule has 0 saturated heterocycles. The summed E-state index contributed by atoms with van der Waals surface area (Å²) in [5.74, 6) is 0.670. The van der Waals surface area contributed by atoms with Gasteiger partial charge in [-0.15, -0.1) is 0 Å². The Kier molecular flexibility index (Phi) is 6.31. The van der Waals surface area contributed by atoms with Gasteiger partial charge in [-0.2, -0.15) is 5.26 Å². The van der Waals surface area contributed by atoms with Crippen LogP contribution in [0.1, 0.15) is 37.2 Å². The molecule has 1 N–H and O–H groups in total. The Balaban J connectivity index is 2.43. The van der Waals surface area contributed by atoms with Gasteiger partial charge in [-0.25, -0.2) is 0 Å². The number of hydrogen-bond acceptors (Lipinski definition) is 4. The van der Waals surface area contributed by atoms with E-state index in [1.807, 2.05) is 19.9 Å². The Morgan fingerprint density at radius 1 is 1.37 bits per heavy atom. The van der Waals surface area contributed by atoms with E-state index < -0.39 is 0 Å². The van der Waals surface area contributed by atoms with E-state index in [4.69, 9.17) is 10.00 Å². The van der Waals surface area contributed by atoms with Crippen molar-refractivity contribution in [1.82, 2.24) is 4.98 Å². The van der Waals surface area contributed by atoms with Crippen LogP contribution in [0.5, 0.6) is 0 Å². The Labute approximate surface area is 115 Å². The maximum absolute atomic E-state index is 9.13. The molecule has 104 valence electrons. The van der Waals surface area contributed by atoms with E-state index >= 15 is 0 Å². The van der Waals surface area contributed by atoms with Gasteiger partial charge in [0, 0.05) is 18.8 Å². The van der Waals surface area contributed by atoms with Gasteiger partial charge in [0.1, 0.15) is 6.07 Å². The molecule has 1 rings (SSSR count). The molecule has 1 heterocycles. The number of anilines is 1. The highest BCUT2D eigenvalue weighted by molar-refractivity contribution is 5.59. The van der Waals surface area contributed by atoms with Crippen molar-refractivity contribution in [3.05, 3.63) is 23.0 Å². The first kappa shape index (κ1) is 15.5. The number of hydrogen-bond donors (Lipinski definition) is 1. The molecular weight excluding hydrogens is 238 g/mol. The van der Waals surface area contributed by atoms with Crippen molar-refractivity contribution in [2.45, 2.75) is 34.1 Å². The van der Waals surface area contributed by atoms with E-state index in [-0.39, 0.29) is 0 Å². The SMILES string of the molecule is Cc1cc(NCCOCCC(C)C)c(C#N)c(C)n1. The number of aromatic nitrogens is 1. The van der Waals surface area contributed by atoms with Gasteiger partial charge in [0.05, 0.1) is 23.6 Å². The normalized spacial score (nSPS) is 10.5. The highest BCUT2D eigenvalue weighted by atomic mass is 16.5. The minimum atomic E-state index is 0.618. The highest BCUT2D eigenvalue weighted by Gasteiger charge is 2.07. The molecule has 4 heteroatoms. The molecule has 19 heavy (non-hydrogen) atoms. The van der Waals surface area contributed by atoms with Crippen molar-refractivity contribution in [3.8, 4) is 6.07 Å². The van der Waals surface area contributed by atoms with Gasteiger partial charge in [0.25, 0.3) is 0 Å². The van der Waals surface area contributed by atoms with Crippen LogP contribution in [0.4, 0.5) is 5.69 Å². The molecule has 0 saturated carbocycles. The largest absolute Gasteiger partial charge is 0.382 e. The fraction of sp³-hybridized carbons (Fsp3) is 0.600. The summed E-state index contributed by atoms with van der Waals surface area (Å²) in [5, 5.41) is 12.4. The van der Waals surface area contributed by atoms with Crippen LogP contribution in [-0.2, 0) is 4.74 Å². The monoisotopic (exact) mass is 261 g/mol. The lowest BCUT2D eigenvalue weighted by Crippen LogP contribution is -2.12. The van der Waals surface area contributed by atoms with E-state index in [1.54, 1.807) is 0 Å². The number of rotatable bonds is 7. The molecule has 0 unspecified atom stereocenters. The second kappa shape index (κ2) is 7.75. The van der Waals surface area contributed by atoms with Crippen LogP contribution in [-0.4, -0.2) is 24.7 Å². The number of pyridine rings is 1. The Morgan fingerprint density at radius 2 is 2.11 bits per heavy atom. The molecule has 0 aromatic carbocycles. The minimum Gasteiger partial charge on any atom is -0.382 e. The maximum Gasteiger partial charge on any atom is 0.103 e. The molecule has 0 aliphatic carbocycles. The molecule has 0 atom stereocenters. The number of ether oxygens (including phenoxy) is 1. The third-order valence-corrected chi connectivity index (χ3v) is 2.84. The highest BCUT2D eigenvalue weighted by Crippen LogP contribution is 2.18. The molecule has 0 amide bonds. The fourth-order valence-electron chi connectivity index (χ4n) is 1.79. The van der Waals surface area contributed by atoms with Gasteiger partial charge < -0.3 is 10.1 Å². The molecule has 0 aliphatic rings. The second-order valence-corrected chi connectivity index (χ2v) is 5.11. The summed E-state index contributed by atoms with van der Waals surface area (Å²) in [5.41, 5.74) is 3.15. The topological polar surface area (TPSA) is 57.9 Å². The third-order valence-electron chi connectivity index (χ3n) is 2.84. The Morgan fingerprint density at radius 3 is 2.74 bits per heavy atom. The minimum absolute atomic E-state index is 0.618. The summed E-state index contributed by atoms with van der Waals surface area (Å²) in [6.45, 7) is 10.3. The van der Waals surface area contributed by atoms with Crippen molar-refractivity contribution in [2.24, 2.45) is 5.92 Å². The average molecular weight is 261 g/mol. The van der Waals surface area contributed by atoms with Crippen LogP contribution in [0, 0.1) is 31.1 Å². The summed E-state index contributed by atoms with van der Waals surface area (Å²) in [6, 6.07) is 4.09. The first-order valence-corrected chi connectivity index (χ1v) is 6.74. The first-order valence-electron chi connectivity index (χ1n) is 6.74. The van der Waals surface area contributed by atoms with Gasteiger partial charge in [-0.1, -0.05) is 13.8 Å². The lowest BCUT2D eigenvalue weighted by Gasteiger charge is -2.11. The lowest BCUT2D eigenvalue weighted by molar-refractivity contribution is 0.132. The quantitative estimate of drug-likeness (QED) is 0.766. The van der Waals surface area contributed by atoms with Gasteiger partial charge >= 0.3 is 0 Å². The second-order valence-electron chi connectivity index (χ2n) is 5.11. The molecule has 1 aromatic rings. The van der Waals surface area contributed by atoms with Crippen LogP contribution < -0.4 is 5.32 Å². The zero-order chi connectivity index (χ0) is 14.3. The number of nitriles is 1. The summed E-state index contributed by atoms with van der Waals surface area (Å²) < 4.78 is 5.54. The molecule has 1 aromatic heterocycles. The summed E-state index contributed by atoms with van der Waals surface area (Å²) in [4.78, 5) is 4.29. The van der Waals surface area contributed by atoms with Gasteiger partial charge in [0.15, 0.2) is 0 Å². The smallest absolute Gasteiger partial charge is 0.103 e. The third kappa shape index (κ3) is 5.27. The fourth-order valence-corrected chi connectivity index (χ4v) is 1.79. The van der Waals surface area contributed by atoms with Crippen LogP contribution in [0.25, 0.3) is 0 Å². The Hall–Kier alpha value is -1.60. The standard InChI is InChI=1S/C15H23N3O/c1-11(2)5-7-19-8-6-17-15-9-12(3)18-13(4)14(15)10-16/h9,11H,5-8H2,1-4H3,(H,17,18). The molecule has 0 radical (unpaired) electrons. The van der Waals surface area contributed by atoms with Gasteiger partial charge in [-0.3, -0.25) is 4.98 Å². The summed E-state index contributed by atoms with van der Waals surface area (Å²) in [6.07, 6.45) is 1.08. The molecule has 4 nitrogen and oxygen atoms in total. The van der Waals surface area contributed by atoms with E-state index in [0.717, 1.165) is 30.1 Å². The molecule has 0 aliphatic heterocycles. The van der Waals surface area contributed by atoms with Crippen molar-refractivity contribution in [2.75, 3.05) is 25.1 Å². The van der Waals surface area contributed by atoms with Crippen molar-refractivity contribution in [1.29, 1.82) is 5.26 Å². The molecule has 0 bridgehead atoms. The van der Waals surface area contributed by atoms with E-state index in [1.165, 1.54) is 0 Å². The van der Waals surface area contributed by atoms with Crippen LogP contribution in [0.3, 0.4) is 0 Å². The van der Waals surface area contributed by atoms with E-state index in [2.05, 4.69) is 30.2 Å². The number of nitrogens with one attached hydrogen (secondary N) is 1. The predicted octanol–water partition coefficient (Wildman–Crippen LogP) is 3.04. The number of nitrogens with zero attached hydrogens (tertiary/aromatic N) is 2. The summed E-state index contributed by atoms with van der Waals surface area (Å²) in [7, 11) is 0. The lowest BCUT2D eigenvalue weighted by atomic mass is 10.1. The van der Waals surface area contributed by atoms with Crippen molar-refractivity contribution >= 4 is 5.69 Å². The van der Waals surface area contributed by atoms with Crippen molar-refractivity contribution in [3.63, 3.8) is 0 Å². The molecular formula is C15H23N3O. The number of aryl methyl sites for hydroxylation is 2. The maximum atomic E-state index is 9.13.